The highest BCUT2D eigenvalue weighted by atomic mass is 16.3. The van der Waals surface area contributed by atoms with Crippen LogP contribution in [0.1, 0.15) is 33.7 Å². The maximum atomic E-state index is 12.2. The van der Waals surface area contributed by atoms with E-state index in [1.54, 1.807) is 18.2 Å². The minimum Gasteiger partial charge on any atom is -0.506 e. The number of H-pyrrole nitrogens is 1. The summed E-state index contributed by atoms with van der Waals surface area (Å²) in [5, 5.41) is 10.5. The zero-order valence-corrected chi connectivity index (χ0v) is 11.7. The Balaban J connectivity index is 1.69. The van der Waals surface area contributed by atoms with Crippen molar-refractivity contribution in [1.82, 2.24) is 9.97 Å². The Kier molecular flexibility index (Phi) is 3.70. The highest BCUT2D eigenvalue weighted by Gasteiger charge is 2.15. The van der Waals surface area contributed by atoms with Crippen LogP contribution < -0.4 is 0 Å². The number of hydrogen-bond acceptors (Lipinski definition) is 4. The van der Waals surface area contributed by atoms with Gasteiger partial charge in [-0.3, -0.25) is 9.59 Å². The summed E-state index contributed by atoms with van der Waals surface area (Å²) in [6, 6.07) is 10.2. The van der Waals surface area contributed by atoms with E-state index in [2.05, 4.69) is 9.97 Å². The van der Waals surface area contributed by atoms with Crippen molar-refractivity contribution in [2.45, 2.75) is 12.8 Å². The van der Waals surface area contributed by atoms with Crippen LogP contribution in [0.25, 0.3) is 10.9 Å². The molecule has 110 valence electrons. The summed E-state index contributed by atoms with van der Waals surface area (Å²) in [6.07, 6.45) is 3.36. The van der Waals surface area contributed by atoms with Gasteiger partial charge in [0.25, 0.3) is 0 Å². The second kappa shape index (κ2) is 5.81. The Bertz CT molecular complexity index is 852. The molecule has 2 N–H and O–H groups in total. The van der Waals surface area contributed by atoms with Gasteiger partial charge in [0.15, 0.2) is 11.6 Å². The fourth-order valence-corrected chi connectivity index (χ4v) is 2.33. The zero-order valence-electron chi connectivity index (χ0n) is 11.7. The molecule has 3 rings (SSSR count). The molecular weight excluding hydrogens is 280 g/mol. The van der Waals surface area contributed by atoms with E-state index in [0.717, 1.165) is 10.9 Å². The minimum atomic E-state index is -0.339. The third-order valence-electron chi connectivity index (χ3n) is 3.50. The van der Waals surface area contributed by atoms with Crippen molar-refractivity contribution in [3.05, 3.63) is 60.0 Å². The molecule has 0 fully saturated rings. The van der Waals surface area contributed by atoms with Crippen LogP contribution in [0.5, 0.6) is 5.75 Å². The van der Waals surface area contributed by atoms with Crippen molar-refractivity contribution < 1.29 is 14.7 Å². The summed E-state index contributed by atoms with van der Waals surface area (Å²) < 4.78 is 0. The lowest BCUT2D eigenvalue weighted by Gasteiger charge is -2.03. The summed E-state index contributed by atoms with van der Waals surface area (Å²) in [5.74, 6) is -0.602. The Hall–Kier alpha value is -2.95. The van der Waals surface area contributed by atoms with Gasteiger partial charge in [0.1, 0.15) is 11.4 Å². The minimum absolute atomic E-state index is 0.0105. The summed E-state index contributed by atoms with van der Waals surface area (Å²) in [6.45, 7) is 0. The van der Waals surface area contributed by atoms with Crippen LogP contribution >= 0.6 is 0 Å². The summed E-state index contributed by atoms with van der Waals surface area (Å²) in [7, 11) is 0. The molecule has 22 heavy (non-hydrogen) atoms. The van der Waals surface area contributed by atoms with Gasteiger partial charge in [0, 0.05) is 41.7 Å². The van der Waals surface area contributed by atoms with Gasteiger partial charge >= 0.3 is 0 Å². The van der Waals surface area contributed by atoms with Crippen molar-refractivity contribution in [1.29, 1.82) is 0 Å². The van der Waals surface area contributed by atoms with Crippen LogP contribution in [-0.4, -0.2) is 26.6 Å². The van der Waals surface area contributed by atoms with Gasteiger partial charge in [0.2, 0.25) is 0 Å². The molecule has 1 aromatic carbocycles. The van der Waals surface area contributed by atoms with E-state index in [-0.39, 0.29) is 35.9 Å². The normalized spacial score (nSPS) is 10.7. The lowest BCUT2D eigenvalue weighted by atomic mass is 10.0. The number of aromatic hydroxyl groups is 1. The number of aromatic nitrogens is 2. The Morgan fingerprint density at radius 3 is 2.73 bits per heavy atom. The first kappa shape index (κ1) is 14.0. The predicted octanol–water partition coefficient (Wildman–Crippen LogP) is 3.11. The van der Waals surface area contributed by atoms with E-state index in [1.165, 1.54) is 12.3 Å². The van der Waals surface area contributed by atoms with E-state index in [4.69, 9.17) is 0 Å². The number of Topliss-reactive ketones (excluding diaryl/α,β-unsaturated/α-hetero) is 2. The SMILES string of the molecule is O=C(CCC(=O)c1ncccc1O)c1ccc2[nH]ccc2c1. The van der Waals surface area contributed by atoms with Crippen LogP contribution in [0.4, 0.5) is 0 Å². The first-order chi connectivity index (χ1) is 10.6. The van der Waals surface area contributed by atoms with E-state index in [1.807, 2.05) is 18.3 Å². The number of carbonyl (C=O) groups is 2. The number of aromatic amines is 1. The van der Waals surface area contributed by atoms with Gasteiger partial charge in [-0.05, 0) is 36.4 Å². The molecule has 5 nitrogen and oxygen atoms in total. The van der Waals surface area contributed by atoms with Crippen molar-refractivity contribution in [3.63, 3.8) is 0 Å². The number of pyridine rings is 1. The Morgan fingerprint density at radius 2 is 1.91 bits per heavy atom. The van der Waals surface area contributed by atoms with Crippen molar-refractivity contribution in [3.8, 4) is 5.75 Å². The van der Waals surface area contributed by atoms with Crippen molar-refractivity contribution in [2.24, 2.45) is 0 Å². The summed E-state index contributed by atoms with van der Waals surface area (Å²) >= 11 is 0. The predicted molar refractivity (Wildman–Crippen MR) is 82.1 cm³/mol. The van der Waals surface area contributed by atoms with Gasteiger partial charge in [-0.2, -0.15) is 0 Å². The van der Waals surface area contributed by atoms with Crippen LogP contribution in [0.2, 0.25) is 0 Å². The Morgan fingerprint density at radius 1 is 1.09 bits per heavy atom. The maximum absolute atomic E-state index is 12.2. The van der Waals surface area contributed by atoms with Crippen molar-refractivity contribution in [2.75, 3.05) is 0 Å². The second-order valence-electron chi connectivity index (χ2n) is 5.00. The molecular formula is C17H14N2O3. The second-order valence-corrected chi connectivity index (χ2v) is 5.00. The number of hydrogen-bond donors (Lipinski definition) is 2. The number of fused-ring (bicyclic) bond motifs is 1. The molecule has 2 heterocycles. The lowest BCUT2D eigenvalue weighted by Crippen LogP contribution is -2.07. The van der Waals surface area contributed by atoms with Gasteiger partial charge in [-0.15, -0.1) is 0 Å². The molecule has 5 heteroatoms. The molecule has 0 aliphatic heterocycles. The number of rotatable bonds is 5. The molecule has 3 aromatic rings. The highest BCUT2D eigenvalue weighted by molar-refractivity contribution is 6.03. The number of ketones is 2. The third-order valence-corrected chi connectivity index (χ3v) is 3.50. The summed E-state index contributed by atoms with van der Waals surface area (Å²) in [4.78, 5) is 31.1. The maximum Gasteiger partial charge on any atom is 0.185 e. The standard InChI is InChI=1S/C17H14N2O3/c20-14(12-3-4-13-11(10-12)7-9-18-13)5-6-16(22)17-15(21)2-1-8-19-17/h1-4,7-10,18,21H,5-6H2. The zero-order chi connectivity index (χ0) is 15.5. The first-order valence-electron chi connectivity index (χ1n) is 6.92. The van der Waals surface area contributed by atoms with Crippen LogP contribution in [-0.2, 0) is 0 Å². The number of nitrogens with zero attached hydrogens (tertiary/aromatic N) is 1. The van der Waals surface area contributed by atoms with Gasteiger partial charge in [-0.25, -0.2) is 4.98 Å². The van der Waals surface area contributed by atoms with Gasteiger partial charge in [-0.1, -0.05) is 0 Å². The molecule has 0 saturated heterocycles. The van der Waals surface area contributed by atoms with E-state index in [9.17, 15) is 14.7 Å². The quantitative estimate of drug-likeness (QED) is 0.708. The Labute approximate surface area is 126 Å². The fraction of sp³-hybridized carbons (Fsp3) is 0.118. The van der Waals surface area contributed by atoms with Gasteiger partial charge in [0.05, 0.1) is 0 Å². The van der Waals surface area contributed by atoms with Crippen LogP contribution in [0.15, 0.2) is 48.8 Å². The van der Waals surface area contributed by atoms with E-state index >= 15 is 0 Å². The average molecular weight is 294 g/mol. The molecule has 0 atom stereocenters. The van der Waals surface area contributed by atoms with Crippen LogP contribution in [0, 0.1) is 0 Å². The van der Waals surface area contributed by atoms with Crippen LogP contribution in [0.3, 0.4) is 0 Å². The molecule has 0 aliphatic carbocycles. The number of carbonyl (C=O) groups excluding carboxylic acids is 2. The number of nitrogens with one attached hydrogen (secondary N) is 1. The summed E-state index contributed by atoms with van der Waals surface area (Å²) in [5.41, 5.74) is 1.55. The third kappa shape index (κ3) is 2.74. The molecule has 0 radical (unpaired) electrons. The molecule has 0 saturated carbocycles. The monoisotopic (exact) mass is 294 g/mol. The lowest BCUT2D eigenvalue weighted by molar-refractivity contribution is 0.0913. The molecule has 0 unspecified atom stereocenters. The highest BCUT2D eigenvalue weighted by Crippen LogP contribution is 2.18. The van der Waals surface area contributed by atoms with Gasteiger partial charge < -0.3 is 10.1 Å². The molecule has 0 amide bonds. The average Bonchev–Trinajstić information content (AvgIpc) is 3.00. The topological polar surface area (TPSA) is 83.1 Å². The molecule has 0 spiro atoms. The van der Waals surface area contributed by atoms with Crippen molar-refractivity contribution >= 4 is 22.5 Å². The van der Waals surface area contributed by atoms with E-state index in [0.29, 0.717) is 5.56 Å². The fourth-order valence-electron chi connectivity index (χ4n) is 2.33. The molecule has 2 aromatic heterocycles. The molecule has 0 bridgehead atoms. The van der Waals surface area contributed by atoms with E-state index < -0.39 is 0 Å². The smallest absolute Gasteiger partial charge is 0.185 e. The first-order valence-corrected chi connectivity index (χ1v) is 6.92. The number of benzene rings is 1. The molecule has 0 aliphatic rings. The largest absolute Gasteiger partial charge is 0.506 e.